The number of likely N-dealkylation sites (tertiary alicyclic amines) is 1. The first kappa shape index (κ1) is 17.5. The number of carbonyl (C=O) groups is 2. The maximum Gasteiger partial charge on any atom is 0.253 e. The van der Waals surface area contributed by atoms with Gasteiger partial charge >= 0.3 is 0 Å². The molecule has 23 heavy (non-hydrogen) atoms. The second kappa shape index (κ2) is 7.59. The number of hydrogen-bond acceptors (Lipinski definition) is 3. The van der Waals surface area contributed by atoms with Crippen molar-refractivity contribution in [2.75, 3.05) is 26.2 Å². The molecule has 5 nitrogen and oxygen atoms in total. The number of benzene rings is 1. The van der Waals surface area contributed by atoms with E-state index in [0.29, 0.717) is 25.2 Å². The SMILES string of the molecule is CC(CO)CNC(=O)C1(C)CCCN(C(=O)c2ccccc2)C1. The van der Waals surface area contributed by atoms with E-state index in [4.69, 9.17) is 5.11 Å². The highest BCUT2D eigenvalue weighted by atomic mass is 16.3. The normalized spacial score (nSPS) is 22.5. The van der Waals surface area contributed by atoms with Gasteiger partial charge in [-0.1, -0.05) is 25.1 Å². The largest absolute Gasteiger partial charge is 0.396 e. The van der Waals surface area contributed by atoms with E-state index in [-0.39, 0.29) is 24.3 Å². The Balaban J connectivity index is 2.01. The van der Waals surface area contributed by atoms with Crippen LogP contribution >= 0.6 is 0 Å². The zero-order valence-corrected chi connectivity index (χ0v) is 13.9. The molecule has 1 saturated heterocycles. The van der Waals surface area contributed by atoms with Gasteiger partial charge in [-0.05, 0) is 37.8 Å². The Morgan fingerprint density at radius 3 is 2.70 bits per heavy atom. The fourth-order valence-corrected chi connectivity index (χ4v) is 2.91. The van der Waals surface area contributed by atoms with E-state index in [1.54, 1.807) is 17.0 Å². The molecule has 0 saturated carbocycles. The van der Waals surface area contributed by atoms with E-state index >= 15 is 0 Å². The van der Waals surface area contributed by atoms with E-state index < -0.39 is 5.41 Å². The lowest BCUT2D eigenvalue weighted by molar-refractivity contribution is -0.132. The van der Waals surface area contributed by atoms with E-state index in [9.17, 15) is 9.59 Å². The molecule has 0 bridgehead atoms. The number of nitrogens with zero attached hydrogens (tertiary/aromatic N) is 1. The molecular weight excluding hydrogens is 292 g/mol. The average molecular weight is 318 g/mol. The van der Waals surface area contributed by atoms with Crippen LogP contribution in [0.4, 0.5) is 0 Å². The highest BCUT2D eigenvalue weighted by molar-refractivity contribution is 5.95. The monoisotopic (exact) mass is 318 g/mol. The van der Waals surface area contributed by atoms with E-state index in [1.807, 2.05) is 32.0 Å². The molecule has 126 valence electrons. The second-order valence-corrected chi connectivity index (χ2v) is 6.75. The Labute approximate surface area is 137 Å². The molecule has 0 radical (unpaired) electrons. The Morgan fingerprint density at radius 1 is 1.35 bits per heavy atom. The molecule has 2 N–H and O–H groups in total. The van der Waals surface area contributed by atoms with Gasteiger partial charge in [0.1, 0.15) is 0 Å². The van der Waals surface area contributed by atoms with Crippen molar-refractivity contribution in [1.82, 2.24) is 10.2 Å². The summed E-state index contributed by atoms with van der Waals surface area (Å²) in [5.41, 5.74) is 0.0868. The van der Waals surface area contributed by atoms with Gasteiger partial charge in [-0.3, -0.25) is 9.59 Å². The Kier molecular flexibility index (Phi) is 5.77. The van der Waals surface area contributed by atoms with Crippen LogP contribution in [0, 0.1) is 11.3 Å². The van der Waals surface area contributed by atoms with Gasteiger partial charge in [0.05, 0.1) is 5.41 Å². The van der Waals surface area contributed by atoms with Crippen molar-refractivity contribution in [2.45, 2.75) is 26.7 Å². The maximum atomic E-state index is 12.6. The summed E-state index contributed by atoms with van der Waals surface area (Å²) in [7, 11) is 0. The van der Waals surface area contributed by atoms with Crippen molar-refractivity contribution >= 4 is 11.8 Å². The van der Waals surface area contributed by atoms with Crippen LogP contribution in [0.1, 0.15) is 37.0 Å². The number of nitrogens with one attached hydrogen (secondary N) is 1. The Bertz CT molecular complexity index is 546. The van der Waals surface area contributed by atoms with Crippen LogP contribution in [0.3, 0.4) is 0 Å². The van der Waals surface area contributed by atoms with Gasteiger partial charge in [-0.2, -0.15) is 0 Å². The summed E-state index contributed by atoms with van der Waals surface area (Å²) < 4.78 is 0. The third-order valence-corrected chi connectivity index (χ3v) is 4.48. The van der Waals surface area contributed by atoms with Crippen molar-refractivity contribution in [3.05, 3.63) is 35.9 Å². The summed E-state index contributed by atoms with van der Waals surface area (Å²) in [6, 6.07) is 9.18. The minimum Gasteiger partial charge on any atom is -0.396 e. The quantitative estimate of drug-likeness (QED) is 0.868. The number of piperidine rings is 1. The summed E-state index contributed by atoms with van der Waals surface area (Å²) in [4.78, 5) is 26.9. The highest BCUT2D eigenvalue weighted by Gasteiger charge is 2.39. The lowest BCUT2D eigenvalue weighted by atomic mass is 9.80. The van der Waals surface area contributed by atoms with E-state index in [2.05, 4.69) is 5.32 Å². The van der Waals surface area contributed by atoms with Crippen molar-refractivity contribution in [3.63, 3.8) is 0 Å². The molecule has 1 aliphatic heterocycles. The molecule has 2 rings (SSSR count). The van der Waals surface area contributed by atoms with Gasteiger partial charge in [0.2, 0.25) is 5.91 Å². The van der Waals surface area contributed by atoms with Crippen molar-refractivity contribution in [3.8, 4) is 0 Å². The topological polar surface area (TPSA) is 69.6 Å². The van der Waals surface area contributed by atoms with Gasteiger partial charge < -0.3 is 15.3 Å². The smallest absolute Gasteiger partial charge is 0.253 e. The number of amides is 2. The number of aliphatic hydroxyl groups excluding tert-OH is 1. The van der Waals surface area contributed by atoms with Crippen LogP contribution in [0.15, 0.2) is 30.3 Å². The van der Waals surface area contributed by atoms with Gasteiger partial charge in [-0.25, -0.2) is 0 Å². The van der Waals surface area contributed by atoms with Crippen molar-refractivity contribution in [2.24, 2.45) is 11.3 Å². The minimum absolute atomic E-state index is 0.0203. The number of rotatable bonds is 5. The average Bonchev–Trinajstić information content (AvgIpc) is 2.59. The Morgan fingerprint density at radius 2 is 2.04 bits per heavy atom. The maximum absolute atomic E-state index is 12.6. The van der Waals surface area contributed by atoms with E-state index in [0.717, 1.165) is 12.8 Å². The molecule has 1 heterocycles. The predicted molar refractivity (Wildman–Crippen MR) is 88.9 cm³/mol. The number of carbonyl (C=O) groups excluding carboxylic acids is 2. The third-order valence-electron chi connectivity index (χ3n) is 4.48. The lowest BCUT2D eigenvalue weighted by Gasteiger charge is -2.39. The minimum atomic E-state index is -0.572. The van der Waals surface area contributed by atoms with Crippen LogP contribution in [-0.2, 0) is 4.79 Å². The summed E-state index contributed by atoms with van der Waals surface area (Å²) >= 11 is 0. The van der Waals surface area contributed by atoms with Gasteiger partial charge in [0.25, 0.3) is 5.91 Å². The first-order valence-corrected chi connectivity index (χ1v) is 8.20. The molecule has 1 aromatic rings. The zero-order chi connectivity index (χ0) is 16.9. The molecule has 1 aliphatic rings. The predicted octanol–water partition coefficient (Wildman–Crippen LogP) is 1.67. The number of hydrogen-bond donors (Lipinski definition) is 2. The molecule has 0 aliphatic carbocycles. The van der Waals surface area contributed by atoms with Crippen LogP contribution in [0.2, 0.25) is 0 Å². The van der Waals surface area contributed by atoms with Crippen molar-refractivity contribution < 1.29 is 14.7 Å². The summed E-state index contributed by atoms with van der Waals surface area (Å²) in [5, 5.41) is 12.0. The van der Waals surface area contributed by atoms with Gasteiger partial charge in [-0.15, -0.1) is 0 Å². The fourth-order valence-electron chi connectivity index (χ4n) is 2.91. The molecule has 2 amide bonds. The van der Waals surface area contributed by atoms with Crippen LogP contribution in [0.5, 0.6) is 0 Å². The molecule has 0 spiro atoms. The summed E-state index contributed by atoms with van der Waals surface area (Å²) in [6.07, 6.45) is 1.59. The van der Waals surface area contributed by atoms with Gasteiger partial charge in [0.15, 0.2) is 0 Å². The van der Waals surface area contributed by atoms with Crippen LogP contribution < -0.4 is 5.32 Å². The molecule has 5 heteroatoms. The first-order chi connectivity index (χ1) is 11.0. The van der Waals surface area contributed by atoms with E-state index in [1.165, 1.54) is 0 Å². The highest BCUT2D eigenvalue weighted by Crippen LogP contribution is 2.30. The Hall–Kier alpha value is -1.88. The lowest BCUT2D eigenvalue weighted by Crippen LogP contribution is -2.52. The van der Waals surface area contributed by atoms with Gasteiger partial charge in [0, 0.05) is 31.8 Å². The molecule has 1 fully saturated rings. The molecule has 1 aromatic carbocycles. The third kappa shape index (κ3) is 4.32. The van der Waals surface area contributed by atoms with Crippen LogP contribution in [0.25, 0.3) is 0 Å². The number of aliphatic hydroxyl groups is 1. The van der Waals surface area contributed by atoms with Crippen LogP contribution in [-0.4, -0.2) is 48.1 Å². The standard InChI is InChI=1S/C18H26N2O3/c1-14(12-21)11-19-17(23)18(2)9-6-10-20(13-18)16(22)15-7-4-3-5-8-15/h3-5,7-8,14,21H,6,9-13H2,1-2H3,(H,19,23). The summed E-state index contributed by atoms with van der Waals surface area (Å²) in [6.45, 7) is 5.42. The molecule has 0 aromatic heterocycles. The second-order valence-electron chi connectivity index (χ2n) is 6.75. The fraction of sp³-hybridized carbons (Fsp3) is 0.556. The molecular formula is C18H26N2O3. The van der Waals surface area contributed by atoms with Crippen molar-refractivity contribution in [1.29, 1.82) is 0 Å². The summed E-state index contributed by atoms with van der Waals surface area (Å²) in [5.74, 6) is -0.0235. The zero-order valence-electron chi connectivity index (χ0n) is 13.9. The first-order valence-electron chi connectivity index (χ1n) is 8.20. The molecule has 2 atom stereocenters. The molecule has 2 unspecified atom stereocenters.